The molecule has 216 valence electrons. The molecular weight excluding hydrogens is 547 g/mol. The Morgan fingerprint density at radius 1 is 0.875 bits per heavy atom. The summed E-state index contributed by atoms with van der Waals surface area (Å²) in [4.78, 5) is 28.7. The first-order valence-corrected chi connectivity index (χ1v) is 12.0. The smallest absolute Gasteiger partial charge is 0.416 e. The number of hydrogen-bond acceptors (Lipinski definition) is 3. The highest BCUT2D eigenvalue weighted by Gasteiger charge is 2.37. The van der Waals surface area contributed by atoms with Crippen LogP contribution in [-0.2, 0) is 30.2 Å². The molecule has 0 fully saturated rings. The largest absolute Gasteiger partial charge is 0.467 e. The minimum absolute atomic E-state index is 0.0110. The molecule has 13 heteroatoms. The first-order valence-electron chi connectivity index (χ1n) is 12.0. The summed E-state index contributed by atoms with van der Waals surface area (Å²) in [6.07, 6.45) is -8.79. The molecule has 3 rings (SSSR count). The quantitative estimate of drug-likeness (QED) is 0.276. The molecule has 0 aliphatic heterocycles. The van der Waals surface area contributed by atoms with Crippen LogP contribution in [0.5, 0.6) is 0 Å². The molecule has 40 heavy (non-hydrogen) atoms. The van der Waals surface area contributed by atoms with Crippen molar-refractivity contribution < 1.29 is 44.7 Å². The number of nitrogens with zero attached hydrogens (tertiary/aromatic N) is 2. The second-order valence-corrected chi connectivity index (χ2v) is 9.45. The summed E-state index contributed by atoms with van der Waals surface area (Å²) < 4.78 is 98.2. The van der Waals surface area contributed by atoms with Crippen molar-refractivity contribution in [1.29, 1.82) is 0 Å². The fourth-order valence-corrected chi connectivity index (χ4v) is 3.79. The molecular formula is C27H26F7N3O3. The van der Waals surface area contributed by atoms with Crippen LogP contribution in [0.3, 0.4) is 0 Å². The zero-order valence-corrected chi connectivity index (χ0v) is 21.4. The third-order valence-electron chi connectivity index (χ3n) is 5.60. The lowest BCUT2D eigenvalue weighted by Gasteiger charge is -2.29. The minimum Gasteiger partial charge on any atom is -0.467 e. The monoisotopic (exact) mass is 573 g/mol. The van der Waals surface area contributed by atoms with Gasteiger partial charge in [-0.25, -0.2) is 9.18 Å². The number of halogens is 7. The van der Waals surface area contributed by atoms with E-state index in [0.717, 1.165) is 4.90 Å². The fourth-order valence-electron chi connectivity index (χ4n) is 3.79. The van der Waals surface area contributed by atoms with Crippen LogP contribution in [0.1, 0.15) is 36.3 Å². The molecule has 0 radical (unpaired) electrons. The molecule has 0 saturated heterocycles. The number of hydrogen-bond donors (Lipinski definition) is 1. The summed E-state index contributed by atoms with van der Waals surface area (Å²) >= 11 is 0. The number of furan rings is 1. The molecule has 0 unspecified atom stereocenters. The molecule has 3 amide bonds. The Kier molecular flexibility index (Phi) is 9.48. The topological polar surface area (TPSA) is 65.8 Å². The summed E-state index contributed by atoms with van der Waals surface area (Å²) in [6, 6.07) is 8.28. The molecule has 0 atom stereocenters. The Labute approximate surface area is 225 Å². The Morgan fingerprint density at radius 2 is 1.48 bits per heavy atom. The highest BCUT2D eigenvalue weighted by molar-refractivity contribution is 5.92. The van der Waals surface area contributed by atoms with E-state index in [0.29, 0.717) is 23.5 Å². The summed E-state index contributed by atoms with van der Waals surface area (Å²) in [6.45, 7) is 2.86. The molecule has 0 spiro atoms. The third kappa shape index (κ3) is 8.75. The van der Waals surface area contributed by atoms with Gasteiger partial charge in [0, 0.05) is 18.8 Å². The standard InChI is InChI=1S/C27H26F7N3O3/c1-17(2)13-37(25(39)35-22-11-19(26(29,30)31)10-20(12-22)27(32,33)34)16-24(38)36(15-23-4-3-9-40-23)14-18-5-7-21(28)8-6-18/h3-12,17H,13-16H2,1-2H3,(H,35,39). The Balaban J connectivity index is 1.85. The number of amides is 3. The fraction of sp³-hybridized carbons (Fsp3) is 0.333. The molecule has 0 aliphatic rings. The Morgan fingerprint density at radius 3 is 1.98 bits per heavy atom. The lowest BCUT2D eigenvalue weighted by Crippen LogP contribution is -2.45. The van der Waals surface area contributed by atoms with Gasteiger partial charge in [0.1, 0.15) is 18.1 Å². The average Bonchev–Trinajstić information content (AvgIpc) is 3.36. The molecule has 6 nitrogen and oxygen atoms in total. The number of carbonyl (C=O) groups excluding carboxylic acids is 2. The zero-order chi connectivity index (χ0) is 29.7. The maximum absolute atomic E-state index is 13.4. The predicted molar refractivity (Wildman–Crippen MR) is 131 cm³/mol. The molecule has 2 aromatic carbocycles. The van der Waals surface area contributed by atoms with Crippen molar-refractivity contribution in [3.05, 3.63) is 89.1 Å². The maximum Gasteiger partial charge on any atom is 0.416 e. The van der Waals surface area contributed by atoms with Crippen molar-refractivity contribution in [2.24, 2.45) is 5.92 Å². The summed E-state index contributed by atoms with van der Waals surface area (Å²) in [5, 5.41) is 2.07. The molecule has 3 aromatic rings. The van der Waals surface area contributed by atoms with Crippen LogP contribution < -0.4 is 5.32 Å². The third-order valence-corrected chi connectivity index (χ3v) is 5.60. The van der Waals surface area contributed by atoms with E-state index in [-0.39, 0.29) is 31.6 Å². The molecule has 0 bridgehead atoms. The van der Waals surface area contributed by atoms with Crippen molar-refractivity contribution in [1.82, 2.24) is 9.80 Å². The van der Waals surface area contributed by atoms with Crippen LogP contribution in [0.15, 0.2) is 65.3 Å². The lowest BCUT2D eigenvalue weighted by atomic mass is 10.1. The first kappa shape index (κ1) is 30.5. The second kappa shape index (κ2) is 12.4. The van der Waals surface area contributed by atoms with E-state index in [1.807, 2.05) is 0 Å². The highest BCUT2D eigenvalue weighted by Crippen LogP contribution is 2.37. The van der Waals surface area contributed by atoms with E-state index in [1.165, 1.54) is 35.4 Å². The van der Waals surface area contributed by atoms with Crippen LogP contribution in [0.4, 0.5) is 41.2 Å². The highest BCUT2D eigenvalue weighted by atomic mass is 19.4. The van der Waals surface area contributed by atoms with E-state index in [4.69, 9.17) is 4.42 Å². The van der Waals surface area contributed by atoms with Gasteiger partial charge < -0.3 is 19.5 Å². The second-order valence-electron chi connectivity index (χ2n) is 9.45. The normalized spacial score (nSPS) is 11.9. The van der Waals surface area contributed by atoms with Gasteiger partial charge in [0.25, 0.3) is 0 Å². The van der Waals surface area contributed by atoms with Gasteiger partial charge in [0.15, 0.2) is 0 Å². The van der Waals surface area contributed by atoms with Crippen LogP contribution in [0, 0.1) is 11.7 Å². The number of carbonyl (C=O) groups is 2. The van der Waals surface area contributed by atoms with E-state index in [2.05, 4.69) is 5.32 Å². The van der Waals surface area contributed by atoms with Gasteiger partial charge in [0.2, 0.25) is 5.91 Å². The van der Waals surface area contributed by atoms with E-state index >= 15 is 0 Å². The van der Waals surface area contributed by atoms with Crippen LogP contribution >= 0.6 is 0 Å². The van der Waals surface area contributed by atoms with E-state index in [1.54, 1.807) is 26.0 Å². The maximum atomic E-state index is 13.4. The number of rotatable bonds is 9. The number of nitrogens with one attached hydrogen (secondary N) is 1. The molecule has 1 heterocycles. The first-order chi connectivity index (χ1) is 18.6. The number of alkyl halides is 6. The SMILES string of the molecule is CC(C)CN(CC(=O)N(Cc1ccc(F)cc1)Cc1ccco1)C(=O)Nc1cc(C(F)(F)F)cc(C(F)(F)F)c1. The lowest BCUT2D eigenvalue weighted by molar-refractivity contribution is -0.143. The number of benzene rings is 2. The van der Waals surface area contributed by atoms with Crippen molar-refractivity contribution in [2.75, 3.05) is 18.4 Å². The average molecular weight is 574 g/mol. The van der Waals surface area contributed by atoms with Gasteiger partial charge in [-0.2, -0.15) is 26.3 Å². The number of urea groups is 1. The van der Waals surface area contributed by atoms with Crippen molar-refractivity contribution in [2.45, 2.75) is 39.3 Å². The van der Waals surface area contributed by atoms with Crippen LogP contribution in [0.2, 0.25) is 0 Å². The molecule has 1 N–H and O–H groups in total. The molecule has 0 saturated carbocycles. The predicted octanol–water partition coefficient (Wildman–Crippen LogP) is 7.18. The van der Waals surface area contributed by atoms with Gasteiger partial charge >= 0.3 is 18.4 Å². The van der Waals surface area contributed by atoms with Gasteiger partial charge in [0.05, 0.1) is 23.9 Å². The van der Waals surface area contributed by atoms with Gasteiger partial charge in [-0.3, -0.25) is 4.79 Å². The number of anilines is 1. The Hall–Kier alpha value is -4.03. The Bertz CT molecular complexity index is 1260. The van der Waals surface area contributed by atoms with Gasteiger partial charge in [-0.15, -0.1) is 0 Å². The van der Waals surface area contributed by atoms with Crippen LogP contribution in [-0.4, -0.2) is 34.8 Å². The van der Waals surface area contributed by atoms with Gasteiger partial charge in [-0.05, 0) is 53.9 Å². The molecule has 0 aliphatic carbocycles. The zero-order valence-electron chi connectivity index (χ0n) is 21.4. The van der Waals surface area contributed by atoms with E-state index in [9.17, 15) is 40.3 Å². The molecule has 1 aromatic heterocycles. The van der Waals surface area contributed by atoms with Crippen molar-refractivity contribution >= 4 is 17.6 Å². The van der Waals surface area contributed by atoms with E-state index < -0.39 is 53.5 Å². The van der Waals surface area contributed by atoms with Crippen LogP contribution in [0.25, 0.3) is 0 Å². The van der Waals surface area contributed by atoms with Crippen molar-refractivity contribution in [3.8, 4) is 0 Å². The summed E-state index contributed by atoms with van der Waals surface area (Å²) in [7, 11) is 0. The minimum atomic E-state index is -5.10. The van der Waals surface area contributed by atoms with Gasteiger partial charge in [-0.1, -0.05) is 26.0 Å². The summed E-state index contributed by atoms with van der Waals surface area (Å²) in [5.41, 5.74) is -3.34. The van der Waals surface area contributed by atoms with Crippen molar-refractivity contribution in [3.63, 3.8) is 0 Å². The summed E-state index contributed by atoms with van der Waals surface area (Å²) in [5.74, 6) is -0.854.